The highest BCUT2D eigenvalue weighted by molar-refractivity contribution is 7.81. The van der Waals surface area contributed by atoms with E-state index in [9.17, 15) is 17.9 Å². The summed E-state index contributed by atoms with van der Waals surface area (Å²) in [5.41, 5.74) is 3.22. The van der Waals surface area contributed by atoms with Crippen molar-refractivity contribution < 1.29 is 22.7 Å². The van der Waals surface area contributed by atoms with Crippen molar-refractivity contribution in [2.45, 2.75) is 0 Å². The normalized spacial score (nSPS) is 11.5. The smallest absolute Gasteiger partial charge is 0.255 e. The highest BCUT2D eigenvalue weighted by Gasteiger charge is 2.17. The Morgan fingerprint density at radius 3 is 2.18 bits per heavy atom. The number of nitrogens with one attached hydrogen (secondary N) is 1. The topological polar surface area (TPSA) is 81.7 Å². The summed E-state index contributed by atoms with van der Waals surface area (Å²) in [5, 5.41) is 2.78. The number of ether oxygens (including phenoxy) is 1. The lowest BCUT2D eigenvalue weighted by molar-refractivity contribution is 0.102. The Bertz CT molecular complexity index is 1310. The van der Waals surface area contributed by atoms with E-state index >= 15 is 0 Å². The number of carbonyl (C=O) groups excluding carboxylic acids is 1. The van der Waals surface area contributed by atoms with Gasteiger partial charge >= 0.3 is 0 Å². The number of halogens is 1. The van der Waals surface area contributed by atoms with Gasteiger partial charge in [0.05, 0.1) is 29.8 Å². The minimum absolute atomic E-state index is 0.166. The molecule has 0 saturated carbocycles. The quantitative estimate of drug-likeness (QED) is 0.349. The molecule has 1 N–H and O–H groups in total. The Labute approximate surface area is 199 Å². The van der Waals surface area contributed by atoms with Gasteiger partial charge in [-0.05, 0) is 65.7 Å². The molecule has 0 aliphatic heterocycles. The second-order valence-corrected chi connectivity index (χ2v) is 8.07. The third kappa shape index (κ3) is 5.14. The zero-order valence-corrected chi connectivity index (χ0v) is 18.9. The molecule has 8 heteroatoms. The van der Waals surface area contributed by atoms with E-state index in [-0.39, 0.29) is 23.0 Å². The van der Waals surface area contributed by atoms with Crippen molar-refractivity contribution in [1.29, 1.82) is 0 Å². The van der Waals surface area contributed by atoms with Crippen LogP contribution in [-0.2, 0) is 11.3 Å². The molecule has 1 atom stereocenters. The summed E-state index contributed by atoms with van der Waals surface area (Å²) in [6, 6.07) is 26.6. The van der Waals surface area contributed by atoms with E-state index in [4.69, 9.17) is 4.74 Å². The SMILES string of the molecule is COc1ccc(NC(=O)c2ccc(-c3ccccc3)cc2)cc1N(c1ccc(F)cc1)S(=O)[O-]. The van der Waals surface area contributed by atoms with E-state index in [1.165, 1.54) is 25.3 Å². The van der Waals surface area contributed by atoms with Crippen LogP contribution in [0, 0.1) is 5.82 Å². The largest absolute Gasteiger partial charge is 0.755 e. The zero-order valence-electron chi connectivity index (χ0n) is 18.1. The number of rotatable bonds is 7. The van der Waals surface area contributed by atoms with Crippen LogP contribution < -0.4 is 14.4 Å². The Hall–Kier alpha value is -4.01. The number of benzene rings is 4. The van der Waals surface area contributed by atoms with E-state index in [1.54, 1.807) is 24.3 Å². The molecule has 0 aliphatic carbocycles. The fraction of sp³-hybridized carbons (Fsp3) is 0.0385. The van der Waals surface area contributed by atoms with E-state index in [0.717, 1.165) is 27.6 Å². The Kier molecular flexibility index (Phi) is 7.01. The number of nitrogens with zero attached hydrogens (tertiary/aromatic N) is 1. The van der Waals surface area contributed by atoms with Crippen LogP contribution in [0.1, 0.15) is 10.4 Å². The first-order chi connectivity index (χ1) is 16.5. The second kappa shape index (κ2) is 10.3. The van der Waals surface area contributed by atoms with Crippen molar-refractivity contribution in [2.24, 2.45) is 0 Å². The third-order valence-electron chi connectivity index (χ3n) is 5.12. The first kappa shape index (κ1) is 23.2. The summed E-state index contributed by atoms with van der Waals surface area (Å²) in [7, 11) is 1.40. The highest BCUT2D eigenvalue weighted by Crippen LogP contribution is 2.37. The van der Waals surface area contributed by atoms with Crippen molar-refractivity contribution in [2.75, 3.05) is 16.7 Å². The molecule has 6 nitrogen and oxygen atoms in total. The van der Waals surface area contributed by atoms with Gasteiger partial charge in [0.15, 0.2) is 0 Å². The molecular weight excluding hydrogens is 455 g/mol. The molecule has 0 saturated heterocycles. The van der Waals surface area contributed by atoms with E-state index in [2.05, 4.69) is 5.32 Å². The molecule has 172 valence electrons. The van der Waals surface area contributed by atoms with Gasteiger partial charge in [-0.25, -0.2) is 4.39 Å². The molecule has 34 heavy (non-hydrogen) atoms. The number of amides is 1. The van der Waals surface area contributed by atoms with Crippen molar-refractivity contribution in [3.63, 3.8) is 0 Å². The molecule has 0 fully saturated rings. The van der Waals surface area contributed by atoms with Gasteiger partial charge in [0.2, 0.25) is 0 Å². The van der Waals surface area contributed by atoms with Gasteiger partial charge in [0.25, 0.3) is 5.91 Å². The molecule has 4 aromatic carbocycles. The number of anilines is 3. The summed E-state index contributed by atoms with van der Waals surface area (Å²) in [5.74, 6) is -0.585. The summed E-state index contributed by atoms with van der Waals surface area (Å²) in [6.45, 7) is 0. The van der Waals surface area contributed by atoms with Gasteiger partial charge in [-0.2, -0.15) is 0 Å². The lowest BCUT2D eigenvalue weighted by Gasteiger charge is -2.28. The maximum Gasteiger partial charge on any atom is 0.255 e. The van der Waals surface area contributed by atoms with Crippen LogP contribution in [0.3, 0.4) is 0 Å². The number of carbonyl (C=O) groups is 1. The van der Waals surface area contributed by atoms with Crippen molar-refractivity contribution in [3.8, 4) is 16.9 Å². The summed E-state index contributed by atoms with van der Waals surface area (Å²) in [4.78, 5) is 12.8. The molecule has 0 radical (unpaired) electrons. The fourth-order valence-electron chi connectivity index (χ4n) is 3.46. The average Bonchev–Trinajstić information content (AvgIpc) is 2.86. The number of methoxy groups -OCH3 is 1. The summed E-state index contributed by atoms with van der Waals surface area (Å²) in [6.07, 6.45) is 0. The minimum atomic E-state index is -2.73. The monoisotopic (exact) mass is 475 g/mol. The predicted octanol–water partition coefficient (Wildman–Crippen LogP) is 5.69. The van der Waals surface area contributed by atoms with E-state index < -0.39 is 17.1 Å². The summed E-state index contributed by atoms with van der Waals surface area (Å²) < 4.78 is 43.7. The minimum Gasteiger partial charge on any atom is -0.755 e. The number of hydrogen-bond donors (Lipinski definition) is 1. The van der Waals surface area contributed by atoms with Crippen LogP contribution >= 0.6 is 0 Å². The third-order valence-corrected chi connectivity index (χ3v) is 5.83. The molecule has 0 heterocycles. The highest BCUT2D eigenvalue weighted by atomic mass is 32.2. The molecule has 4 rings (SSSR count). The standard InChI is InChI=1S/C26H21FN2O4S/c1-33-25-16-13-22(17-24(25)29(34(31)32)23-14-11-21(27)12-15-23)28-26(30)20-9-7-19(8-10-20)18-5-3-2-4-6-18/h2-17H,1H3,(H,28,30)(H,31,32)/p-1. The lowest BCUT2D eigenvalue weighted by Crippen LogP contribution is -2.20. The first-order valence-corrected chi connectivity index (χ1v) is 11.3. The number of hydrogen-bond acceptors (Lipinski definition) is 4. The van der Waals surface area contributed by atoms with Crippen LogP contribution in [0.15, 0.2) is 97.1 Å². The average molecular weight is 476 g/mol. The second-order valence-electron chi connectivity index (χ2n) is 7.27. The van der Waals surface area contributed by atoms with Gasteiger partial charge < -0.3 is 14.6 Å². The lowest BCUT2D eigenvalue weighted by atomic mass is 10.0. The predicted molar refractivity (Wildman–Crippen MR) is 130 cm³/mol. The Balaban J connectivity index is 1.60. The van der Waals surface area contributed by atoms with Crippen LogP contribution in [0.2, 0.25) is 0 Å². The van der Waals surface area contributed by atoms with Crippen molar-refractivity contribution >= 4 is 34.2 Å². The Morgan fingerprint density at radius 1 is 0.912 bits per heavy atom. The molecule has 4 aromatic rings. The van der Waals surface area contributed by atoms with Crippen LogP contribution in [0.25, 0.3) is 11.1 Å². The van der Waals surface area contributed by atoms with Gasteiger partial charge in [0, 0.05) is 11.3 Å². The molecular formula is C26H20FN2O4S-. The van der Waals surface area contributed by atoms with Crippen molar-refractivity contribution in [3.05, 3.63) is 108 Å². The van der Waals surface area contributed by atoms with Crippen LogP contribution in [-0.4, -0.2) is 21.8 Å². The fourth-order valence-corrected chi connectivity index (χ4v) is 4.05. The Morgan fingerprint density at radius 2 is 1.56 bits per heavy atom. The summed E-state index contributed by atoms with van der Waals surface area (Å²) >= 11 is -2.73. The van der Waals surface area contributed by atoms with E-state index in [1.807, 2.05) is 42.5 Å². The molecule has 1 unspecified atom stereocenters. The van der Waals surface area contributed by atoms with Crippen molar-refractivity contribution in [1.82, 2.24) is 0 Å². The van der Waals surface area contributed by atoms with Crippen LogP contribution in [0.5, 0.6) is 5.75 Å². The maximum absolute atomic E-state index is 13.3. The van der Waals surface area contributed by atoms with Gasteiger partial charge in [0.1, 0.15) is 11.6 Å². The molecule has 0 aromatic heterocycles. The van der Waals surface area contributed by atoms with Crippen LogP contribution in [0.4, 0.5) is 21.5 Å². The zero-order chi connectivity index (χ0) is 24.1. The maximum atomic E-state index is 13.3. The first-order valence-electron chi connectivity index (χ1n) is 10.3. The van der Waals surface area contributed by atoms with Gasteiger partial charge in [-0.1, -0.05) is 42.5 Å². The van der Waals surface area contributed by atoms with Gasteiger partial charge in [-0.3, -0.25) is 13.3 Å². The van der Waals surface area contributed by atoms with E-state index in [0.29, 0.717) is 11.3 Å². The molecule has 0 bridgehead atoms. The molecule has 0 spiro atoms. The molecule has 1 amide bonds. The molecule has 0 aliphatic rings. The van der Waals surface area contributed by atoms with Gasteiger partial charge in [-0.15, -0.1) is 0 Å².